The van der Waals surface area contributed by atoms with Crippen LogP contribution in [0.4, 0.5) is 0 Å². The predicted molar refractivity (Wildman–Crippen MR) is 320 cm³/mol. The number of nitrogens with one attached hydrogen (secondary N) is 1. The van der Waals surface area contributed by atoms with Crippen molar-refractivity contribution in [1.82, 2.24) is 5.32 Å². The van der Waals surface area contributed by atoms with Crippen molar-refractivity contribution in [2.75, 3.05) is 13.2 Å². The molecule has 0 aliphatic carbocycles. The molecule has 0 heterocycles. The molecule has 2 atom stereocenters. The summed E-state index contributed by atoms with van der Waals surface area (Å²) in [4.78, 5) is 24.6. The molecule has 0 spiro atoms. The first-order valence-corrected chi connectivity index (χ1v) is 33.4. The zero-order chi connectivity index (χ0) is 52.9. The fraction of sp³-hybridized carbons (Fsp3) is 0.940. The molecule has 3 N–H and O–H groups in total. The number of aliphatic hydroxyl groups excluding tert-OH is 2. The van der Waals surface area contributed by atoms with E-state index in [0.717, 1.165) is 38.5 Å². The summed E-state index contributed by atoms with van der Waals surface area (Å²) in [6.07, 6.45) is 76.7. The highest BCUT2D eigenvalue weighted by Crippen LogP contribution is 2.19. The van der Waals surface area contributed by atoms with E-state index in [9.17, 15) is 19.8 Å². The van der Waals surface area contributed by atoms with Gasteiger partial charge in [0.15, 0.2) is 0 Å². The average Bonchev–Trinajstić information content (AvgIpc) is 3.39. The van der Waals surface area contributed by atoms with Gasteiger partial charge in [0.25, 0.3) is 0 Å². The maximum Gasteiger partial charge on any atom is 0.305 e. The minimum Gasteiger partial charge on any atom is -0.466 e. The molecule has 6 nitrogen and oxygen atoms in total. The zero-order valence-electron chi connectivity index (χ0n) is 49.6. The molecule has 1 amide bonds. The molecular weight excluding hydrogens is 899 g/mol. The molecule has 0 aromatic carbocycles. The lowest BCUT2D eigenvalue weighted by atomic mass is 10.0. The molecule has 0 aliphatic rings. The van der Waals surface area contributed by atoms with Crippen LogP contribution in [0.1, 0.15) is 380 Å². The molecule has 0 saturated carbocycles. The number of aliphatic hydroxyl groups is 2. The number of carbonyl (C=O) groups is 2. The number of hydrogen-bond donors (Lipinski definition) is 3. The second-order valence-electron chi connectivity index (χ2n) is 23.2. The van der Waals surface area contributed by atoms with Crippen molar-refractivity contribution in [3.05, 3.63) is 12.2 Å². The third-order valence-electron chi connectivity index (χ3n) is 15.8. The van der Waals surface area contributed by atoms with Crippen molar-refractivity contribution < 1.29 is 24.5 Å². The van der Waals surface area contributed by atoms with Gasteiger partial charge in [0.2, 0.25) is 5.91 Å². The third kappa shape index (κ3) is 59.7. The lowest BCUT2D eigenvalue weighted by Crippen LogP contribution is -2.45. The first-order chi connectivity index (χ1) is 36.0. The van der Waals surface area contributed by atoms with Crippen molar-refractivity contribution in [3.63, 3.8) is 0 Å². The Labute approximate surface area is 457 Å². The molecule has 0 saturated heterocycles. The Balaban J connectivity index is 3.36. The third-order valence-corrected chi connectivity index (χ3v) is 15.8. The van der Waals surface area contributed by atoms with E-state index in [-0.39, 0.29) is 18.5 Å². The Hall–Kier alpha value is -1.40. The molecular formula is C67H131NO5. The first-order valence-electron chi connectivity index (χ1n) is 33.4. The van der Waals surface area contributed by atoms with Gasteiger partial charge in [-0.05, 0) is 51.4 Å². The van der Waals surface area contributed by atoms with Crippen LogP contribution in [-0.4, -0.2) is 47.4 Å². The monoisotopic (exact) mass is 1030 g/mol. The lowest BCUT2D eigenvalue weighted by molar-refractivity contribution is -0.143. The van der Waals surface area contributed by atoms with E-state index >= 15 is 0 Å². The first kappa shape index (κ1) is 71.6. The summed E-state index contributed by atoms with van der Waals surface area (Å²) in [5, 5.41) is 23.3. The Kier molecular flexibility index (Phi) is 61.9. The molecule has 0 radical (unpaired) electrons. The Morgan fingerprint density at radius 3 is 0.973 bits per heavy atom. The van der Waals surface area contributed by atoms with E-state index in [2.05, 4.69) is 31.3 Å². The maximum atomic E-state index is 12.5. The summed E-state index contributed by atoms with van der Waals surface area (Å²) in [5.41, 5.74) is 0. The van der Waals surface area contributed by atoms with E-state index in [1.54, 1.807) is 0 Å². The Morgan fingerprint density at radius 2 is 0.644 bits per heavy atom. The van der Waals surface area contributed by atoms with Gasteiger partial charge in [0, 0.05) is 12.8 Å². The normalized spacial score (nSPS) is 12.5. The van der Waals surface area contributed by atoms with Gasteiger partial charge >= 0.3 is 5.97 Å². The molecule has 0 aliphatic heterocycles. The summed E-state index contributed by atoms with van der Waals surface area (Å²) < 4.78 is 5.51. The van der Waals surface area contributed by atoms with Crippen LogP contribution in [0, 0.1) is 0 Å². The van der Waals surface area contributed by atoms with Crippen LogP contribution in [0.5, 0.6) is 0 Å². The second kappa shape index (κ2) is 63.1. The topological polar surface area (TPSA) is 95.9 Å². The quantitative estimate of drug-likeness (QED) is 0.0320. The highest BCUT2D eigenvalue weighted by Gasteiger charge is 2.20. The molecule has 0 aromatic rings. The molecule has 434 valence electrons. The molecule has 6 heteroatoms. The number of unbranched alkanes of at least 4 members (excludes halogenated alkanes) is 50. The van der Waals surface area contributed by atoms with Gasteiger partial charge in [0.05, 0.1) is 25.4 Å². The van der Waals surface area contributed by atoms with Crippen LogP contribution in [0.15, 0.2) is 12.2 Å². The number of hydrogen-bond acceptors (Lipinski definition) is 5. The van der Waals surface area contributed by atoms with Gasteiger partial charge in [-0.1, -0.05) is 328 Å². The van der Waals surface area contributed by atoms with E-state index in [1.165, 1.54) is 308 Å². The Morgan fingerprint density at radius 1 is 0.370 bits per heavy atom. The Bertz CT molecular complexity index is 1100. The van der Waals surface area contributed by atoms with E-state index in [0.29, 0.717) is 25.9 Å². The minimum atomic E-state index is -0.666. The summed E-state index contributed by atoms with van der Waals surface area (Å²) in [6, 6.07) is -0.543. The summed E-state index contributed by atoms with van der Waals surface area (Å²) >= 11 is 0. The van der Waals surface area contributed by atoms with Crippen LogP contribution in [0.2, 0.25) is 0 Å². The van der Waals surface area contributed by atoms with Crippen LogP contribution in [0.25, 0.3) is 0 Å². The zero-order valence-corrected chi connectivity index (χ0v) is 49.6. The van der Waals surface area contributed by atoms with Crippen LogP contribution in [0.3, 0.4) is 0 Å². The van der Waals surface area contributed by atoms with Crippen molar-refractivity contribution in [3.8, 4) is 0 Å². The molecule has 0 fully saturated rings. The molecule has 73 heavy (non-hydrogen) atoms. The lowest BCUT2D eigenvalue weighted by Gasteiger charge is -2.22. The molecule has 0 bridgehead atoms. The standard InChI is InChI=1S/C67H131NO5/c1-3-5-7-9-11-13-15-17-18-19-26-30-33-37-41-45-49-53-57-61-67(72)73-62-58-54-50-46-42-38-34-31-28-25-23-21-20-22-24-27-29-32-36-40-44-48-52-56-60-66(71)68-64(63-69)65(70)59-55-51-47-43-39-35-16-14-12-10-8-6-4-2/h22,24,64-65,69-70H,3-21,23,25-63H2,1-2H3,(H,68,71)/b24-22-. The smallest absolute Gasteiger partial charge is 0.305 e. The van der Waals surface area contributed by atoms with Crippen molar-refractivity contribution in [2.45, 2.75) is 392 Å². The highest BCUT2D eigenvalue weighted by atomic mass is 16.5. The summed E-state index contributed by atoms with van der Waals surface area (Å²) in [5.74, 6) is -0.0194. The average molecular weight is 1030 g/mol. The van der Waals surface area contributed by atoms with Crippen molar-refractivity contribution in [1.29, 1.82) is 0 Å². The van der Waals surface area contributed by atoms with Crippen LogP contribution >= 0.6 is 0 Å². The largest absolute Gasteiger partial charge is 0.466 e. The van der Waals surface area contributed by atoms with Crippen molar-refractivity contribution >= 4 is 11.9 Å². The van der Waals surface area contributed by atoms with E-state index in [1.807, 2.05) is 0 Å². The van der Waals surface area contributed by atoms with Crippen LogP contribution < -0.4 is 5.32 Å². The molecule has 0 rings (SSSR count). The van der Waals surface area contributed by atoms with Gasteiger partial charge in [-0.15, -0.1) is 0 Å². The number of rotatable bonds is 63. The summed E-state index contributed by atoms with van der Waals surface area (Å²) in [7, 11) is 0. The van der Waals surface area contributed by atoms with Gasteiger partial charge in [-0.25, -0.2) is 0 Å². The fourth-order valence-corrected chi connectivity index (χ4v) is 10.7. The van der Waals surface area contributed by atoms with Gasteiger partial charge < -0.3 is 20.3 Å². The SMILES string of the molecule is CCCCCCCCCCCCCCCCCCCCCC(=O)OCCCCCCCCCCCCCC/C=C\CCCCCCCCCCC(=O)NC(CO)C(O)CCCCCCCCCCCCCCC. The predicted octanol–water partition coefficient (Wildman–Crippen LogP) is 21.2. The van der Waals surface area contributed by atoms with E-state index in [4.69, 9.17) is 4.74 Å². The second-order valence-corrected chi connectivity index (χ2v) is 23.2. The van der Waals surface area contributed by atoms with Crippen LogP contribution in [-0.2, 0) is 14.3 Å². The number of ether oxygens (including phenoxy) is 1. The van der Waals surface area contributed by atoms with Gasteiger partial charge in [0.1, 0.15) is 0 Å². The van der Waals surface area contributed by atoms with Gasteiger partial charge in [-0.3, -0.25) is 9.59 Å². The minimum absolute atomic E-state index is 0.0182. The van der Waals surface area contributed by atoms with Crippen molar-refractivity contribution in [2.24, 2.45) is 0 Å². The molecule has 0 aromatic heterocycles. The van der Waals surface area contributed by atoms with Gasteiger partial charge in [-0.2, -0.15) is 0 Å². The fourth-order valence-electron chi connectivity index (χ4n) is 10.7. The number of amides is 1. The summed E-state index contributed by atoms with van der Waals surface area (Å²) in [6.45, 7) is 4.98. The highest BCUT2D eigenvalue weighted by molar-refractivity contribution is 5.76. The molecule has 2 unspecified atom stereocenters. The number of carbonyl (C=O) groups excluding carboxylic acids is 2. The van der Waals surface area contributed by atoms with E-state index < -0.39 is 12.1 Å². The maximum absolute atomic E-state index is 12.5. The number of allylic oxidation sites excluding steroid dienone is 2. The number of esters is 1.